The van der Waals surface area contributed by atoms with E-state index < -0.39 is 0 Å². The number of nitrogens with zero attached hydrogens (tertiary/aromatic N) is 1. The van der Waals surface area contributed by atoms with Crippen LogP contribution in [0, 0.1) is 0 Å². The molecule has 2 heterocycles. The molecule has 0 fully saturated rings. The normalized spacial score (nSPS) is 14.5. The van der Waals surface area contributed by atoms with E-state index in [0.717, 1.165) is 4.34 Å². The van der Waals surface area contributed by atoms with Crippen LogP contribution in [0.5, 0.6) is 0 Å². The van der Waals surface area contributed by atoms with Crippen LogP contribution in [0.2, 0.25) is 4.34 Å². The monoisotopic (exact) mass is 266 g/mol. The number of thiophene rings is 1. The summed E-state index contributed by atoms with van der Waals surface area (Å²) in [5.41, 5.74) is 1.20. The minimum Gasteiger partial charge on any atom is -0.303 e. The standard InChI is InChI=1S/C13H15ClN2S/c1-9(11-4-3-7-15-8-11)16-10(2)12-5-6-13(14)17-12/h3-10,16H,1-2H3/t9-,10?/m1/s1. The molecular weight excluding hydrogens is 252 g/mol. The van der Waals surface area contributed by atoms with E-state index in [1.807, 2.05) is 18.3 Å². The third-order valence-electron chi connectivity index (χ3n) is 2.71. The van der Waals surface area contributed by atoms with E-state index in [-0.39, 0.29) is 6.04 Å². The Hall–Kier alpha value is -0.900. The lowest BCUT2D eigenvalue weighted by Crippen LogP contribution is -2.21. The molecule has 1 N–H and O–H groups in total. The lowest BCUT2D eigenvalue weighted by molar-refractivity contribution is 0.499. The van der Waals surface area contributed by atoms with E-state index in [9.17, 15) is 0 Å². The largest absolute Gasteiger partial charge is 0.303 e. The van der Waals surface area contributed by atoms with Crippen LogP contribution in [-0.4, -0.2) is 4.98 Å². The topological polar surface area (TPSA) is 24.9 Å². The number of pyridine rings is 1. The molecular formula is C13H15ClN2S. The molecule has 0 aromatic carbocycles. The number of hydrogen-bond donors (Lipinski definition) is 1. The fourth-order valence-corrected chi connectivity index (χ4v) is 2.82. The Morgan fingerprint density at radius 2 is 2.06 bits per heavy atom. The van der Waals surface area contributed by atoms with Crippen molar-refractivity contribution in [3.8, 4) is 0 Å². The van der Waals surface area contributed by atoms with Crippen molar-refractivity contribution in [1.29, 1.82) is 0 Å². The Labute approximate surface area is 111 Å². The predicted molar refractivity (Wildman–Crippen MR) is 73.5 cm³/mol. The van der Waals surface area contributed by atoms with E-state index >= 15 is 0 Å². The first-order valence-corrected chi connectivity index (χ1v) is 6.77. The first-order valence-electron chi connectivity index (χ1n) is 5.58. The molecule has 17 heavy (non-hydrogen) atoms. The van der Waals surface area contributed by atoms with Crippen molar-refractivity contribution in [2.45, 2.75) is 25.9 Å². The highest BCUT2D eigenvalue weighted by atomic mass is 35.5. The van der Waals surface area contributed by atoms with Gasteiger partial charge in [-0.25, -0.2) is 0 Å². The van der Waals surface area contributed by atoms with Crippen LogP contribution in [0.3, 0.4) is 0 Å². The molecule has 2 aromatic heterocycles. The summed E-state index contributed by atoms with van der Waals surface area (Å²) in [5.74, 6) is 0. The van der Waals surface area contributed by atoms with Gasteiger partial charge in [-0.05, 0) is 37.6 Å². The zero-order valence-corrected chi connectivity index (χ0v) is 11.4. The maximum Gasteiger partial charge on any atom is 0.0931 e. The van der Waals surface area contributed by atoms with Crippen LogP contribution in [0.4, 0.5) is 0 Å². The lowest BCUT2D eigenvalue weighted by Gasteiger charge is -2.19. The van der Waals surface area contributed by atoms with Gasteiger partial charge in [0, 0.05) is 29.4 Å². The fourth-order valence-electron chi connectivity index (χ4n) is 1.75. The van der Waals surface area contributed by atoms with Gasteiger partial charge in [-0.2, -0.15) is 0 Å². The SMILES string of the molecule is CC(N[C@H](C)c1cccnc1)c1ccc(Cl)s1. The molecule has 0 radical (unpaired) electrons. The molecule has 2 atom stereocenters. The average Bonchev–Trinajstić information content (AvgIpc) is 2.77. The molecule has 4 heteroatoms. The van der Waals surface area contributed by atoms with E-state index in [1.54, 1.807) is 17.5 Å². The molecule has 0 spiro atoms. The summed E-state index contributed by atoms with van der Waals surface area (Å²) in [6.07, 6.45) is 3.68. The molecule has 0 aliphatic heterocycles. The van der Waals surface area contributed by atoms with Crippen molar-refractivity contribution in [2.75, 3.05) is 0 Å². The minimum absolute atomic E-state index is 0.277. The van der Waals surface area contributed by atoms with Gasteiger partial charge in [-0.3, -0.25) is 4.98 Å². The van der Waals surface area contributed by atoms with Crippen molar-refractivity contribution in [1.82, 2.24) is 10.3 Å². The second-order valence-corrected chi connectivity index (χ2v) is 5.78. The number of rotatable bonds is 4. The number of hydrogen-bond acceptors (Lipinski definition) is 3. The Morgan fingerprint density at radius 1 is 1.24 bits per heavy atom. The summed E-state index contributed by atoms with van der Waals surface area (Å²) in [4.78, 5) is 5.39. The zero-order valence-electron chi connectivity index (χ0n) is 9.85. The molecule has 0 aliphatic rings. The zero-order chi connectivity index (χ0) is 12.3. The second kappa shape index (κ2) is 5.63. The van der Waals surface area contributed by atoms with Gasteiger partial charge in [-0.15, -0.1) is 11.3 Å². The van der Waals surface area contributed by atoms with Gasteiger partial charge in [0.05, 0.1) is 4.34 Å². The molecule has 0 saturated heterocycles. The van der Waals surface area contributed by atoms with Gasteiger partial charge < -0.3 is 5.32 Å². The van der Waals surface area contributed by atoms with E-state index in [0.29, 0.717) is 6.04 Å². The van der Waals surface area contributed by atoms with Crippen molar-refractivity contribution >= 4 is 22.9 Å². The molecule has 2 nitrogen and oxygen atoms in total. The molecule has 2 aromatic rings. The first-order chi connectivity index (χ1) is 8.16. The highest BCUT2D eigenvalue weighted by Gasteiger charge is 2.12. The number of nitrogens with one attached hydrogen (secondary N) is 1. The maximum absolute atomic E-state index is 5.94. The molecule has 0 saturated carbocycles. The number of aromatic nitrogens is 1. The maximum atomic E-state index is 5.94. The van der Waals surface area contributed by atoms with Gasteiger partial charge in [0.15, 0.2) is 0 Å². The lowest BCUT2D eigenvalue weighted by atomic mass is 10.1. The predicted octanol–water partition coefficient (Wildman–Crippen LogP) is 4.21. The Bertz CT molecular complexity index is 469. The summed E-state index contributed by atoms with van der Waals surface area (Å²) in [5, 5.41) is 3.54. The Kier molecular flexibility index (Phi) is 4.15. The van der Waals surface area contributed by atoms with Crippen LogP contribution in [-0.2, 0) is 0 Å². The van der Waals surface area contributed by atoms with Gasteiger partial charge in [-0.1, -0.05) is 17.7 Å². The average molecular weight is 267 g/mol. The molecule has 1 unspecified atom stereocenters. The van der Waals surface area contributed by atoms with Gasteiger partial charge in [0.2, 0.25) is 0 Å². The molecule has 90 valence electrons. The molecule has 2 rings (SSSR count). The summed E-state index contributed by atoms with van der Waals surface area (Å²) < 4.78 is 0.836. The van der Waals surface area contributed by atoms with Crippen LogP contribution in [0.1, 0.15) is 36.4 Å². The van der Waals surface area contributed by atoms with Gasteiger partial charge in [0.25, 0.3) is 0 Å². The smallest absolute Gasteiger partial charge is 0.0931 e. The number of halogens is 1. The first kappa shape index (κ1) is 12.6. The summed E-state index contributed by atoms with van der Waals surface area (Å²) in [6.45, 7) is 4.29. The van der Waals surface area contributed by atoms with Crippen molar-refractivity contribution < 1.29 is 0 Å². The summed E-state index contributed by atoms with van der Waals surface area (Å²) in [6, 6.07) is 8.62. The van der Waals surface area contributed by atoms with E-state index in [2.05, 4.69) is 36.3 Å². The van der Waals surface area contributed by atoms with Crippen LogP contribution < -0.4 is 5.32 Å². The second-order valence-electron chi connectivity index (χ2n) is 4.04. The van der Waals surface area contributed by atoms with Crippen LogP contribution >= 0.6 is 22.9 Å². The van der Waals surface area contributed by atoms with Crippen molar-refractivity contribution in [3.05, 3.63) is 51.4 Å². The fraction of sp³-hybridized carbons (Fsp3) is 0.308. The third kappa shape index (κ3) is 3.28. The van der Waals surface area contributed by atoms with E-state index in [1.165, 1.54) is 10.4 Å². The highest BCUT2D eigenvalue weighted by molar-refractivity contribution is 7.16. The van der Waals surface area contributed by atoms with Gasteiger partial charge in [0.1, 0.15) is 0 Å². The minimum atomic E-state index is 0.277. The summed E-state index contributed by atoms with van der Waals surface area (Å²) >= 11 is 7.56. The van der Waals surface area contributed by atoms with Gasteiger partial charge >= 0.3 is 0 Å². The Morgan fingerprint density at radius 3 is 2.65 bits per heavy atom. The van der Waals surface area contributed by atoms with Crippen molar-refractivity contribution in [3.63, 3.8) is 0 Å². The van der Waals surface area contributed by atoms with Crippen LogP contribution in [0.15, 0.2) is 36.7 Å². The quantitative estimate of drug-likeness (QED) is 0.897. The van der Waals surface area contributed by atoms with Crippen molar-refractivity contribution in [2.24, 2.45) is 0 Å². The van der Waals surface area contributed by atoms with Crippen LogP contribution in [0.25, 0.3) is 0 Å². The molecule has 0 bridgehead atoms. The highest BCUT2D eigenvalue weighted by Crippen LogP contribution is 2.28. The Balaban J connectivity index is 2.02. The molecule has 0 amide bonds. The molecule has 0 aliphatic carbocycles. The van der Waals surface area contributed by atoms with E-state index in [4.69, 9.17) is 11.6 Å². The third-order valence-corrected chi connectivity index (χ3v) is 4.12. The summed E-state index contributed by atoms with van der Waals surface area (Å²) in [7, 11) is 0.